The molecule has 1 spiro atoms. The highest BCUT2D eigenvalue weighted by Gasteiger charge is 2.46. The molecule has 0 amide bonds. The van der Waals surface area contributed by atoms with Gasteiger partial charge in [0.05, 0.1) is 22.1 Å². The van der Waals surface area contributed by atoms with Crippen LogP contribution in [0.4, 0.5) is 0 Å². The first kappa shape index (κ1) is 30.9. The van der Waals surface area contributed by atoms with Crippen LogP contribution in [0.3, 0.4) is 0 Å². The topological polar surface area (TPSA) is 25.8 Å². The van der Waals surface area contributed by atoms with Crippen LogP contribution in [0.15, 0.2) is 194 Å². The molecule has 0 N–H and O–H groups in total. The maximum atomic E-state index is 5.17. The second-order valence-electron chi connectivity index (χ2n) is 15.7. The molecule has 2 heterocycles. The van der Waals surface area contributed by atoms with Crippen LogP contribution in [0.25, 0.3) is 99.3 Å². The van der Waals surface area contributed by atoms with Crippen LogP contribution in [0.2, 0.25) is 0 Å². The third-order valence-electron chi connectivity index (χ3n) is 12.8. The molecule has 0 saturated heterocycles. The number of aromatic nitrogens is 2. The lowest BCUT2D eigenvalue weighted by molar-refractivity contribution is 0.859. The van der Waals surface area contributed by atoms with Gasteiger partial charge in [0.25, 0.3) is 0 Å². The summed E-state index contributed by atoms with van der Waals surface area (Å²) in [7, 11) is 0. The first-order valence-corrected chi connectivity index (χ1v) is 19.7. The van der Waals surface area contributed by atoms with E-state index in [1.807, 2.05) is 12.3 Å². The van der Waals surface area contributed by atoms with Gasteiger partial charge in [-0.05, 0) is 130 Å². The summed E-state index contributed by atoms with van der Waals surface area (Å²) < 4.78 is 0. The predicted octanol–water partition coefficient (Wildman–Crippen LogP) is 12.0. The molecule has 57 heavy (non-hydrogen) atoms. The molecule has 2 aromatic heterocycles. The fourth-order valence-corrected chi connectivity index (χ4v) is 10.3. The maximum absolute atomic E-state index is 5.17. The van der Waals surface area contributed by atoms with Crippen molar-refractivity contribution in [3.8, 4) is 33.5 Å². The number of nitrogens with zero attached hydrogens (tertiary/aromatic N) is 2. The van der Waals surface area contributed by atoms with E-state index in [-0.39, 0.29) is 5.41 Å². The molecule has 8 aromatic carbocycles. The second kappa shape index (κ2) is 11.3. The Labute approximate surface area is 328 Å². The van der Waals surface area contributed by atoms with Crippen molar-refractivity contribution in [3.63, 3.8) is 0 Å². The maximum Gasteiger partial charge on any atom is 0.0972 e. The Balaban J connectivity index is 1.02. The fourth-order valence-electron chi connectivity index (χ4n) is 10.3. The fraction of sp³-hybridized carbons (Fsp3) is 0.0182. The molecule has 10 aromatic rings. The number of fused-ring (bicyclic) bond motifs is 17. The number of hydrogen-bond donors (Lipinski definition) is 0. The summed E-state index contributed by atoms with van der Waals surface area (Å²) in [4.78, 5) is 9.86. The molecule has 2 nitrogen and oxygen atoms in total. The Morgan fingerprint density at radius 2 is 1.12 bits per heavy atom. The monoisotopic (exact) mass is 720 g/mol. The van der Waals surface area contributed by atoms with Gasteiger partial charge in [0.2, 0.25) is 0 Å². The van der Waals surface area contributed by atoms with Gasteiger partial charge in [-0.25, -0.2) is 4.98 Å². The molecule has 0 bridgehead atoms. The van der Waals surface area contributed by atoms with Crippen molar-refractivity contribution in [2.45, 2.75) is 5.41 Å². The van der Waals surface area contributed by atoms with E-state index in [1.165, 1.54) is 87.3 Å². The summed E-state index contributed by atoms with van der Waals surface area (Å²) in [5, 5.41) is 12.5. The number of allylic oxidation sites excluding steroid dienone is 4. The van der Waals surface area contributed by atoms with Crippen molar-refractivity contribution in [3.05, 3.63) is 215 Å². The number of benzene rings is 8. The molecule has 0 saturated carbocycles. The van der Waals surface area contributed by atoms with Gasteiger partial charge in [-0.1, -0.05) is 146 Å². The van der Waals surface area contributed by atoms with Crippen molar-refractivity contribution in [1.29, 1.82) is 0 Å². The van der Waals surface area contributed by atoms with E-state index in [0.717, 1.165) is 33.1 Å². The highest BCUT2D eigenvalue weighted by molar-refractivity contribution is 6.26. The van der Waals surface area contributed by atoms with Crippen LogP contribution in [-0.2, 0) is 5.41 Å². The normalized spacial score (nSPS) is 14.6. The lowest BCUT2D eigenvalue weighted by Gasteiger charge is -2.34. The van der Waals surface area contributed by atoms with Crippen LogP contribution in [0, 0.1) is 0 Å². The zero-order valence-electron chi connectivity index (χ0n) is 30.9. The highest BCUT2D eigenvalue weighted by Crippen LogP contribution is 2.57. The Morgan fingerprint density at radius 3 is 1.95 bits per heavy atom. The van der Waals surface area contributed by atoms with Crippen LogP contribution in [0.5, 0.6) is 0 Å². The van der Waals surface area contributed by atoms with Crippen LogP contribution < -0.4 is 10.4 Å². The van der Waals surface area contributed by atoms with E-state index >= 15 is 0 Å². The van der Waals surface area contributed by atoms with Crippen molar-refractivity contribution in [2.75, 3.05) is 0 Å². The molecule has 13 rings (SSSR count). The van der Waals surface area contributed by atoms with E-state index in [0.29, 0.717) is 0 Å². The smallest absolute Gasteiger partial charge is 0.0972 e. The average molecular weight is 721 g/mol. The SMILES string of the molecule is C1=CC2(C3=c4cc5c6ccc(-c7cccc(-c8ccc9ccc%10cccnc%10c9n8)c7)cc6c6ccccc6c5cc4=CC3=C1)c1ccccc1-c1ccccc12. The van der Waals surface area contributed by atoms with Gasteiger partial charge in [-0.3, -0.25) is 4.98 Å². The zero-order valence-corrected chi connectivity index (χ0v) is 30.9. The molecule has 2 heteroatoms. The summed E-state index contributed by atoms with van der Waals surface area (Å²) in [5.74, 6) is 0. The third kappa shape index (κ3) is 4.19. The molecule has 0 fully saturated rings. The van der Waals surface area contributed by atoms with E-state index in [1.54, 1.807) is 0 Å². The van der Waals surface area contributed by atoms with Crippen molar-refractivity contribution < 1.29 is 0 Å². The Morgan fingerprint density at radius 1 is 0.456 bits per heavy atom. The standard InChI is InChI=1S/C55H32N2/c1-2-15-41-40(14-1)46-30-36(35-10-7-11-37(28-35)51-25-23-34-21-20-33-13-9-27-56-53(33)54(34)57-51)22-24-42(46)48-32-45-39(31-47(41)48)29-38-12-8-26-55(52(38)45)49-18-5-3-16-43(49)44-17-4-6-19-50(44)55/h1-32H. The number of pyridine rings is 2. The van der Waals surface area contributed by atoms with Crippen molar-refractivity contribution in [1.82, 2.24) is 9.97 Å². The lowest BCUT2D eigenvalue weighted by Crippen LogP contribution is -2.33. The largest absolute Gasteiger partial charge is 0.254 e. The second-order valence-corrected chi connectivity index (χ2v) is 15.7. The van der Waals surface area contributed by atoms with E-state index in [4.69, 9.17) is 4.98 Å². The highest BCUT2D eigenvalue weighted by atomic mass is 14.7. The summed E-state index contributed by atoms with van der Waals surface area (Å²) in [6.45, 7) is 0. The van der Waals surface area contributed by atoms with Crippen LogP contribution >= 0.6 is 0 Å². The zero-order chi connectivity index (χ0) is 37.2. The minimum Gasteiger partial charge on any atom is -0.254 e. The van der Waals surface area contributed by atoms with Gasteiger partial charge in [0, 0.05) is 22.5 Å². The number of rotatable bonds is 2. The van der Waals surface area contributed by atoms with Crippen LogP contribution in [-0.4, -0.2) is 9.97 Å². The quantitative estimate of drug-likeness (QED) is 0.166. The van der Waals surface area contributed by atoms with Gasteiger partial charge in [-0.15, -0.1) is 0 Å². The molecule has 0 unspecified atom stereocenters. The van der Waals surface area contributed by atoms with Crippen molar-refractivity contribution >= 4 is 65.8 Å². The van der Waals surface area contributed by atoms with E-state index in [9.17, 15) is 0 Å². The van der Waals surface area contributed by atoms with Gasteiger partial charge in [0.15, 0.2) is 0 Å². The molecule has 262 valence electrons. The lowest BCUT2D eigenvalue weighted by atomic mass is 9.67. The molecule has 3 aliphatic carbocycles. The molecule has 0 aliphatic heterocycles. The van der Waals surface area contributed by atoms with Gasteiger partial charge in [-0.2, -0.15) is 0 Å². The summed E-state index contributed by atoms with van der Waals surface area (Å²) >= 11 is 0. The van der Waals surface area contributed by atoms with Gasteiger partial charge in [0.1, 0.15) is 0 Å². The average Bonchev–Trinajstić information content (AvgIpc) is 3.79. The summed E-state index contributed by atoms with van der Waals surface area (Å²) in [5.41, 5.74) is 14.0. The third-order valence-corrected chi connectivity index (χ3v) is 12.8. The molecular weight excluding hydrogens is 689 g/mol. The molecular formula is C55H32N2. The Bertz CT molecular complexity index is 3600. The van der Waals surface area contributed by atoms with Crippen LogP contribution in [0.1, 0.15) is 11.1 Å². The molecule has 3 aliphatic rings. The molecule has 0 atom stereocenters. The Hall–Kier alpha value is -7.42. The Kier molecular flexibility index (Phi) is 6.13. The van der Waals surface area contributed by atoms with Crippen molar-refractivity contribution in [2.24, 2.45) is 0 Å². The van der Waals surface area contributed by atoms with Gasteiger partial charge >= 0.3 is 0 Å². The first-order chi connectivity index (χ1) is 28.2. The summed E-state index contributed by atoms with van der Waals surface area (Å²) in [6.07, 6.45) is 11.3. The summed E-state index contributed by atoms with van der Waals surface area (Å²) in [6, 6.07) is 60.3. The van der Waals surface area contributed by atoms with Gasteiger partial charge < -0.3 is 0 Å². The van der Waals surface area contributed by atoms with E-state index < -0.39 is 0 Å². The minimum absolute atomic E-state index is 0.346. The minimum atomic E-state index is -0.346. The first-order valence-electron chi connectivity index (χ1n) is 19.7. The predicted molar refractivity (Wildman–Crippen MR) is 237 cm³/mol. The molecule has 0 radical (unpaired) electrons. The number of hydrogen-bond acceptors (Lipinski definition) is 2. The van der Waals surface area contributed by atoms with E-state index in [2.05, 4.69) is 187 Å².